The van der Waals surface area contributed by atoms with E-state index in [-0.39, 0.29) is 6.03 Å². The van der Waals surface area contributed by atoms with Gasteiger partial charge in [-0.2, -0.15) is 0 Å². The van der Waals surface area contributed by atoms with Gasteiger partial charge in [0.1, 0.15) is 5.75 Å². The van der Waals surface area contributed by atoms with Gasteiger partial charge in [0.05, 0.1) is 35.2 Å². The molecule has 3 rings (SSSR count). The number of nitrogens with one attached hydrogen (secondary N) is 2. The van der Waals surface area contributed by atoms with E-state index in [2.05, 4.69) is 20.6 Å². The van der Waals surface area contributed by atoms with Gasteiger partial charge in [-0.3, -0.25) is 0 Å². The number of para-hydroxylation sites is 2. The average molecular weight is 322 g/mol. The van der Waals surface area contributed by atoms with Crippen molar-refractivity contribution >= 4 is 28.4 Å². The van der Waals surface area contributed by atoms with E-state index in [9.17, 15) is 4.79 Å². The average Bonchev–Trinajstić information content (AvgIpc) is 2.56. The van der Waals surface area contributed by atoms with Crippen LogP contribution in [0.5, 0.6) is 5.75 Å². The van der Waals surface area contributed by atoms with Crippen LogP contribution < -0.4 is 15.4 Å². The monoisotopic (exact) mass is 322 g/mol. The second kappa shape index (κ2) is 6.54. The molecular weight excluding hydrogens is 304 g/mol. The lowest BCUT2D eigenvalue weighted by Gasteiger charge is -2.11. The van der Waals surface area contributed by atoms with Gasteiger partial charge in [0, 0.05) is 5.69 Å². The molecule has 0 unspecified atom stereocenters. The first-order valence-electron chi connectivity index (χ1n) is 7.53. The molecule has 1 heterocycles. The zero-order chi connectivity index (χ0) is 17.1. The molecule has 0 saturated carbocycles. The fraction of sp³-hybridized carbons (Fsp3) is 0.167. The highest BCUT2D eigenvalue weighted by molar-refractivity contribution is 6.01. The summed E-state index contributed by atoms with van der Waals surface area (Å²) >= 11 is 0. The molecule has 1 aromatic heterocycles. The number of anilines is 2. The number of aromatic nitrogens is 2. The lowest BCUT2D eigenvalue weighted by Crippen LogP contribution is -2.19. The smallest absolute Gasteiger partial charge is 0.323 e. The molecule has 2 amide bonds. The van der Waals surface area contributed by atoms with Crippen LogP contribution in [0.4, 0.5) is 16.2 Å². The minimum absolute atomic E-state index is 0.351. The van der Waals surface area contributed by atoms with Crippen LogP contribution >= 0.6 is 0 Å². The number of carbonyl (C=O) groups excluding carboxylic acids is 1. The molecular formula is C18H18N4O2. The maximum atomic E-state index is 12.2. The molecule has 0 spiro atoms. The van der Waals surface area contributed by atoms with E-state index >= 15 is 0 Å². The van der Waals surface area contributed by atoms with E-state index in [1.165, 1.54) is 0 Å². The van der Waals surface area contributed by atoms with E-state index < -0.39 is 0 Å². The molecule has 0 bridgehead atoms. The maximum Gasteiger partial charge on any atom is 0.323 e. The summed E-state index contributed by atoms with van der Waals surface area (Å²) < 4.78 is 5.22. The molecule has 6 heteroatoms. The summed E-state index contributed by atoms with van der Waals surface area (Å²) in [6, 6.07) is 12.3. The Morgan fingerprint density at radius 1 is 0.958 bits per heavy atom. The standard InChI is InChI=1S/C18H18N4O2/c1-11-12(2)20-16-10-13(8-9-14(16)19-11)21-18(23)22-15-6-4-5-7-17(15)24-3/h4-10H,1-3H3,(H2,21,22,23). The highest BCUT2D eigenvalue weighted by Gasteiger charge is 2.08. The Bertz CT molecular complexity index is 909. The van der Waals surface area contributed by atoms with Crippen molar-refractivity contribution in [1.29, 1.82) is 0 Å². The first-order valence-corrected chi connectivity index (χ1v) is 7.53. The van der Waals surface area contributed by atoms with Crippen LogP contribution in [0.25, 0.3) is 11.0 Å². The Hall–Kier alpha value is -3.15. The van der Waals surface area contributed by atoms with Gasteiger partial charge in [-0.05, 0) is 44.2 Å². The Kier molecular flexibility index (Phi) is 4.29. The first-order chi connectivity index (χ1) is 11.6. The van der Waals surface area contributed by atoms with Crippen LogP contribution in [0.3, 0.4) is 0 Å². The highest BCUT2D eigenvalue weighted by Crippen LogP contribution is 2.23. The van der Waals surface area contributed by atoms with Crippen molar-refractivity contribution < 1.29 is 9.53 Å². The summed E-state index contributed by atoms with van der Waals surface area (Å²) in [6.45, 7) is 3.84. The van der Waals surface area contributed by atoms with Gasteiger partial charge >= 0.3 is 6.03 Å². The predicted molar refractivity (Wildman–Crippen MR) is 94.6 cm³/mol. The minimum atomic E-state index is -0.351. The Labute approximate surface area is 139 Å². The van der Waals surface area contributed by atoms with Gasteiger partial charge in [-0.25, -0.2) is 14.8 Å². The molecule has 122 valence electrons. The molecule has 0 aliphatic carbocycles. The number of nitrogens with zero attached hydrogens (tertiary/aromatic N) is 2. The number of fused-ring (bicyclic) bond motifs is 1. The number of urea groups is 1. The molecule has 0 aliphatic heterocycles. The third-order valence-electron chi connectivity index (χ3n) is 3.69. The Morgan fingerprint density at radius 2 is 1.67 bits per heavy atom. The van der Waals surface area contributed by atoms with Gasteiger partial charge in [-0.15, -0.1) is 0 Å². The number of rotatable bonds is 3. The van der Waals surface area contributed by atoms with Crippen molar-refractivity contribution in [3.8, 4) is 5.75 Å². The fourth-order valence-corrected chi connectivity index (χ4v) is 2.34. The van der Waals surface area contributed by atoms with Crippen LogP contribution in [0.1, 0.15) is 11.4 Å². The largest absolute Gasteiger partial charge is 0.495 e. The molecule has 6 nitrogen and oxygen atoms in total. The van der Waals surface area contributed by atoms with Crippen molar-refractivity contribution in [1.82, 2.24) is 9.97 Å². The number of methoxy groups -OCH3 is 1. The molecule has 2 aromatic carbocycles. The van der Waals surface area contributed by atoms with E-state index in [0.717, 1.165) is 22.4 Å². The number of carbonyl (C=O) groups is 1. The van der Waals surface area contributed by atoms with E-state index in [0.29, 0.717) is 17.1 Å². The van der Waals surface area contributed by atoms with Gasteiger partial charge in [-0.1, -0.05) is 12.1 Å². The second-order valence-electron chi connectivity index (χ2n) is 5.38. The third-order valence-corrected chi connectivity index (χ3v) is 3.69. The fourth-order valence-electron chi connectivity index (χ4n) is 2.34. The van der Waals surface area contributed by atoms with Crippen LogP contribution in [-0.2, 0) is 0 Å². The summed E-state index contributed by atoms with van der Waals surface area (Å²) in [7, 11) is 1.56. The van der Waals surface area contributed by atoms with Crippen molar-refractivity contribution in [2.45, 2.75) is 13.8 Å². The zero-order valence-corrected chi connectivity index (χ0v) is 13.8. The van der Waals surface area contributed by atoms with Crippen molar-refractivity contribution in [3.05, 3.63) is 53.9 Å². The number of hydrogen-bond donors (Lipinski definition) is 2. The maximum absolute atomic E-state index is 12.2. The normalized spacial score (nSPS) is 10.5. The molecule has 0 saturated heterocycles. The Balaban J connectivity index is 1.79. The molecule has 0 fully saturated rings. The van der Waals surface area contributed by atoms with Crippen molar-refractivity contribution in [3.63, 3.8) is 0 Å². The van der Waals surface area contributed by atoms with Crippen LogP contribution in [0, 0.1) is 13.8 Å². The number of hydrogen-bond acceptors (Lipinski definition) is 4. The Morgan fingerprint density at radius 3 is 2.42 bits per heavy atom. The van der Waals surface area contributed by atoms with Gasteiger partial charge in [0.15, 0.2) is 0 Å². The summed E-state index contributed by atoms with van der Waals surface area (Å²) in [5.41, 5.74) is 4.56. The van der Waals surface area contributed by atoms with Crippen molar-refractivity contribution in [2.75, 3.05) is 17.7 Å². The third kappa shape index (κ3) is 3.27. The molecule has 24 heavy (non-hydrogen) atoms. The van der Waals surface area contributed by atoms with Gasteiger partial charge < -0.3 is 15.4 Å². The zero-order valence-electron chi connectivity index (χ0n) is 13.8. The van der Waals surface area contributed by atoms with Gasteiger partial charge in [0.25, 0.3) is 0 Å². The summed E-state index contributed by atoms with van der Waals surface area (Å²) in [6.07, 6.45) is 0. The van der Waals surface area contributed by atoms with E-state index in [1.54, 1.807) is 31.4 Å². The van der Waals surface area contributed by atoms with E-state index in [1.807, 2.05) is 32.0 Å². The summed E-state index contributed by atoms with van der Waals surface area (Å²) in [4.78, 5) is 21.2. The topological polar surface area (TPSA) is 76.1 Å². The number of amides is 2. The molecule has 0 atom stereocenters. The molecule has 0 radical (unpaired) electrons. The van der Waals surface area contributed by atoms with Crippen LogP contribution in [-0.4, -0.2) is 23.1 Å². The quantitative estimate of drug-likeness (QED) is 0.767. The molecule has 2 N–H and O–H groups in total. The minimum Gasteiger partial charge on any atom is -0.495 e. The van der Waals surface area contributed by atoms with Gasteiger partial charge in [0.2, 0.25) is 0 Å². The predicted octanol–water partition coefficient (Wildman–Crippen LogP) is 3.90. The summed E-state index contributed by atoms with van der Waals surface area (Å²) in [5.74, 6) is 0.600. The lowest BCUT2D eigenvalue weighted by atomic mass is 10.2. The van der Waals surface area contributed by atoms with Crippen LogP contribution in [0.2, 0.25) is 0 Å². The molecule has 0 aliphatic rings. The van der Waals surface area contributed by atoms with E-state index in [4.69, 9.17) is 4.74 Å². The second-order valence-corrected chi connectivity index (χ2v) is 5.38. The highest BCUT2D eigenvalue weighted by atomic mass is 16.5. The van der Waals surface area contributed by atoms with Crippen LogP contribution in [0.15, 0.2) is 42.5 Å². The number of benzene rings is 2. The summed E-state index contributed by atoms with van der Waals surface area (Å²) in [5, 5.41) is 5.56. The SMILES string of the molecule is COc1ccccc1NC(=O)Nc1ccc2nc(C)c(C)nc2c1. The lowest BCUT2D eigenvalue weighted by molar-refractivity contribution is 0.262. The number of aryl methyl sites for hydroxylation is 2. The number of ether oxygens (including phenoxy) is 1. The van der Waals surface area contributed by atoms with Crippen molar-refractivity contribution in [2.24, 2.45) is 0 Å². The molecule has 3 aromatic rings. The first kappa shape index (κ1) is 15.7.